The first-order valence-electron chi connectivity index (χ1n) is 4.50. The Kier molecular flexibility index (Phi) is 2.63. The van der Waals surface area contributed by atoms with Crippen LogP contribution in [0.3, 0.4) is 0 Å². The van der Waals surface area contributed by atoms with Crippen LogP contribution in [-0.2, 0) is 4.79 Å². The van der Waals surface area contributed by atoms with Crippen LogP contribution in [0.15, 0.2) is 0 Å². The van der Waals surface area contributed by atoms with E-state index in [2.05, 4.69) is 4.90 Å². The highest BCUT2D eigenvalue weighted by atomic mass is 16.3. The van der Waals surface area contributed by atoms with Gasteiger partial charge in [-0.1, -0.05) is 0 Å². The number of amides is 1. The maximum absolute atomic E-state index is 11.5. The molecule has 1 amide bonds. The van der Waals surface area contributed by atoms with E-state index in [9.17, 15) is 9.90 Å². The van der Waals surface area contributed by atoms with Crippen molar-refractivity contribution >= 4 is 5.91 Å². The van der Waals surface area contributed by atoms with Gasteiger partial charge in [0.25, 0.3) is 5.91 Å². The summed E-state index contributed by atoms with van der Waals surface area (Å²) in [6.07, 6.45) is 0. The highest BCUT2D eigenvalue weighted by molar-refractivity contribution is 5.84. The maximum atomic E-state index is 11.5. The van der Waals surface area contributed by atoms with Gasteiger partial charge in [0.1, 0.15) is 5.60 Å². The Bertz CT molecular complexity index is 202. The van der Waals surface area contributed by atoms with Crippen LogP contribution in [0.5, 0.6) is 0 Å². The van der Waals surface area contributed by atoms with Crippen molar-refractivity contribution in [2.45, 2.75) is 25.5 Å². The van der Waals surface area contributed by atoms with Gasteiger partial charge in [-0.15, -0.1) is 0 Å². The molecule has 1 saturated heterocycles. The molecule has 1 rings (SSSR count). The summed E-state index contributed by atoms with van der Waals surface area (Å²) in [7, 11) is 3.99. The fraction of sp³-hybridized carbons (Fsp3) is 0.889. The quantitative estimate of drug-likeness (QED) is 0.634. The summed E-state index contributed by atoms with van der Waals surface area (Å²) in [5, 5.41) is 9.44. The molecule has 0 radical (unpaired) electrons. The minimum absolute atomic E-state index is 0.175. The number of rotatable bonds is 2. The molecule has 76 valence electrons. The fourth-order valence-electron chi connectivity index (χ4n) is 1.33. The summed E-state index contributed by atoms with van der Waals surface area (Å²) < 4.78 is 0. The molecule has 13 heavy (non-hydrogen) atoms. The van der Waals surface area contributed by atoms with Crippen molar-refractivity contribution < 1.29 is 9.90 Å². The van der Waals surface area contributed by atoms with Gasteiger partial charge in [0.2, 0.25) is 0 Å². The highest BCUT2D eigenvalue weighted by Gasteiger charge is 2.38. The molecule has 0 aromatic carbocycles. The predicted molar refractivity (Wildman–Crippen MR) is 50.4 cm³/mol. The number of likely N-dealkylation sites (N-methyl/N-ethyl adjacent to an activating group) is 1. The molecule has 0 saturated carbocycles. The van der Waals surface area contributed by atoms with Gasteiger partial charge in [0, 0.05) is 19.1 Å². The van der Waals surface area contributed by atoms with Crippen molar-refractivity contribution in [1.29, 1.82) is 0 Å². The molecular weight excluding hydrogens is 168 g/mol. The average molecular weight is 186 g/mol. The van der Waals surface area contributed by atoms with Crippen LogP contribution >= 0.6 is 0 Å². The van der Waals surface area contributed by atoms with Gasteiger partial charge < -0.3 is 14.9 Å². The lowest BCUT2D eigenvalue weighted by Crippen LogP contribution is -2.62. The number of carbonyl (C=O) groups is 1. The molecule has 1 heterocycles. The number of hydrogen-bond acceptors (Lipinski definition) is 3. The summed E-state index contributed by atoms with van der Waals surface area (Å²) in [5.41, 5.74) is -1.22. The normalized spacial score (nSPS) is 19.1. The van der Waals surface area contributed by atoms with E-state index in [1.165, 1.54) is 13.8 Å². The predicted octanol–water partition coefficient (Wildman–Crippen LogP) is -0.470. The molecule has 4 nitrogen and oxygen atoms in total. The lowest BCUT2D eigenvalue weighted by atomic mass is 10.0. The van der Waals surface area contributed by atoms with Crippen molar-refractivity contribution in [3.05, 3.63) is 0 Å². The van der Waals surface area contributed by atoms with E-state index < -0.39 is 5.60 Å². The van der Waals surface area contributed by atoms with E-state index in [1.807, 2.05) is 14.1 Å². The SMILES string of the molecule is CN(C)C1CN(C(=O)C(C)(C)O)C1. The van der Waals surface area contributed by atoms with Crippen molar-refractivity contribution in [2.75, 3.05) is 27.2 Å². The molecular formula is C9H18N2O2. The maximum Gasteiger partial charge on any atom is 0.254 e. The molecule has 0 aliphatic carbocycles. The van der Waals surface area contributed by atoms with E-state index in [-0.39, 0.29) is 5.91 Å². The molecule has 1 fully saturated rings. The Balaban J connectivity index is 2.40. The topological polar surface area (TPSA) is 43.8 Å². The molecule has 0 unspecified atom stereocenters. The standard InChI is InChI=1S/C9H18N2O2/c1-9(2,13)8(12)11-5-7(6-11)10(3)4/h7,13H,5-6H2,1-4H3. The molecule has 0 spiro atoms. The first-order chi connectivity index (χ1) is 5.82. The molecule has 4 heteroatoms. The summed E-state index contributed by atoms with van der Waals surface area (Å²) in [5.74, 6) is -0.175. The van der Waals surface area contributed by atoms with Gasteiger partial charge >= 0.3 is 0 Å². The van der Waals surface area contributed by atoms with Gasteiger partial charge in [0.05, 0.1) is 0 Å². The second kappa shape index (κ2) is 3.27. The monoisotopic (exact) mass is 186 g/mol. The van der Waals surface area contributed by atoms with Crippen molar-refractivity contribution in [3.8, 4) is 0 Å². The van der Waals surface area contributed by atoms with Gasteiger partial charge in [-0.05, 0) is 27.9 Å². The number of likely N-dealkylation sites (tertiary alicyclic amines) is 1. The van der Waals surface area contributed by atoms with Crippen LogP contribution in [0.4, 0.5) is 0 Å². The molecule has 0 atom stereocenters. The van der Waals surface area contributed by atoms with Crippen LogP contribution in [0, 0.1) is 0 Å². The molecule has 0 bridgehead atoms. The third-order valence-corrected chi connectivity index (χ3v) is 2.40. The Morgan fingerprint density at radius 3 is 2.23 bits per heavy atom. The van der Waals surface area contributed by atoms with Crippen LogP contribution < -0.4 is 0 Å². The molecule has 1 aliphatic rings. The molecule has 1 N–H and O–H groups in total. The van der Waals surface area contributed by atoms with E-state index >= 15 is 0 Å². The molecule has 0 aromatic heterocycles. The third-order valence-electron chi connectivity index (χ3n) is 2.40. The fourth-order valence-corrected chi connectivity index (χ4v) is 1.33. The lowest BCUT2D eigenvalue weighted by Gasteiger charge is -2.44. The molecule has 0 aromatic rings. The average Bonchev–Trinajstić information content (AvgIpc) is 1.80. The number of carbonyl (C=O) groups excluding carboxylic acids is 1. The van der Waals surface area contributed by atoms with Crippen LogP contribution in [0.2, 0.25) is 0 Å². The minimum Gasteiger partial charge on any atom is -0.381 e. The number of nitrogens with zero attached hydrogens (tertiary/aromatic N) is 2. The van der Waals surface area contributed by atoms with Gasteiger partial charge in [-0.2, -0.15) is 0 Å². The summed E-state index contributed by atoms with van der Waals surface area (Å²) in [4.78, 5) is 15.2. The Hall–Kier alpha value is -0.610. The van der Waals surface area contributed by atoms with Crippen LogP contribution in [0.1, 0.15) is 13.8 Å². The zero-order chi connectivity index (χ0) is 10.2. The van der Waals surface area contributed by atoms with Crippen molar-refractivity contribution in [3.63, 3.8) is 0 Å². The smallest absolute Gasteiger partial charge is 0.254 e. The van der Waals surface area contributed by atoms with Crippen LogP contribution in [-0.4, -0.2) is 59.6 Å². The summed E-state index contributed by atoms with van der Waals surface area (Å²) in [6.45, 7) is 4.52. The summed E-state index contributed by atoms with van der Waals surface area (Å²) >= 11 is 0. The van der Waals surface area contributed by atoms with Gasteiger partial charge in [-0.25, -0.2) is 0 Å². The third kappa shape index (κ3) is 2.19. The second-order valence-corrected chi connectivity index (χ2v) is 4.39. The van der Waals surface area contributed by atoms with E-state index in [1.54, 1.807) is 4.90 Å². The first kappa shape index (κ1) is 10.5. The minimum atomic E-state index is -1.22. The van der Waals surface area contributed by atoms with Crippen molar-refractivity contribution in [1.82, 2.24) is 9.80 Å². The zero-order valence-corrected chi connectivity index (χ0v) is 8.74. The van der Waals surface area contributed by atoms with Gasteiger partial charge in [-0.3, -0.25) is 4.79 Å². The zero-order valence-electron chi connectivity index (χ0n) is 8.74. The lowest BCUT2D eigenvalue weighted by molar-refractivity contribution is -0.154. The summed E-state index contributed by atoms with van der Waals surface area (Å²) in [6, 6.07) is 0.450. The number of hydrogen-bond donors (Lipinski definition) is 1. The van der Waals surface area contributed by atoms with Crippen LogP contribution in [0.25, 0.3) is 0 Å². The Morgan fingerprint density at radius 2 is 1.92 bits per heavy atom. The Morgan fingerprint density at radius 1 is 1.46 bits per heavy atom. The number of aliphatic hydroxyl groups is 1. The largest absolute Gasteiger partial charge is 0.381 e. The van der Waals surface area contributed by atoms with Gasteiger partial charge in [0.15, 0.2) is 0 Å². The second-order valence-electron chi connectivity index (χ2n) is 4.39. The first-order valence-corrected chi connectivity index (χ1v) is 4.50. The molecule has 1 aliphatic heterocycles. The van der Waals surface area contributed by atoms with E-state index in [0.29, 0.717) is 6.04 Å². The highest BCUT2D eigenvalue weighted by Crippen LogP contribution is 2.17. The van der Waals surface area contributed by atoms with Crippen molar-refractivity contribution in [2.24, 2.45) is 0 Å². The van der Waals surface area contributed by atoms with E-state index in [4.69, 9.17) is 0 Å². The Labute approximate surface area is 79.1 Å². The van der Waals surface area contributed by atoms with E-state index in [0.717, 1.165) is 13.1 Å².